The Morgan fingerprint density at radius 2 is 2.10 bits per heavy atom. The molecule has 0 heterocycles. The third kappa shape index (κ3) is 4.89. The normalized spacial score (nSPS) is 12.1. The number of sulfonamides is 1. The average Bonchev–Trinajstić information content (AvgIpc) is 2.37. The molecule has 0 aliphatic heterocycles. The molecule has 1 rings (SSSR count). The van der Waals surface area contributed by atoms with Gasteiger partial charge in [-0.15, -0.1) is 0 Å². The highest BCUT2D eigenvalue weighted by Gasteiger charge is 2.21. The van der Waals surface area contributed by atoms with Crippen molar-refractivity contribution in [1.82, 2.24) is 4.31 Å². The van der Waals surface area contributed by atoms with Gasteiger partial charge in [-0.1, -0.05) is 23.8 Å². The minimum absolute atomic E-state index is 0.0559. The van der Waals surface area contributed by atoms with Crippen LogP contribution < -0.4 is 5.73 Å². The Morgan fingerprint density at radius 3 is 2.57 bits per heavy atom. The fourth-order valence-electron chi connectivity index (χ4n) is 1.57. The number of benzene rings is 1. The van der Waals surface area contributed by atoms with Gasteiger partial charge in [-0.2, -0.15) is 4.31 Å². The maximum atomic E-state index is 12.4. The summed E-state index contributed by atoms with van der Waals surface area (Å²) in [6.45, 7) is 4.37. The van der Waals surface area contributed by atoms with Crippen LogP contribution in [0.4, 0.5) is 0 Å². The SMILES string of the molecule is CC(C)OCCN(C)S(=O)(=O)c1ccc(C(N)=S)c(Cl)c1. The number of rotatable bonds is 7. The van der Waals surface area contributed by atoms with E-state index >= 15 is 0 Å². The molecular weight excluding hydrogens is 332 g/mol. The molecule has 0 aliphatic rings. The molecule has 0 bridgehead atoms. The van der Waals surface area contributed by atoms with Gasteiger partial charge in [0.25, 0.3) is 0 Å². The smallest absolute Gasteiger partial charge is 0.242 e. The molecule has 0 amide bonds. The van der Waals surface area contributed by atoms with Crippen LogP contribution in [0.2, 0.25) is 5.02 Å². The molecule has 8 heteroatoms. The first kappa shape index (κ1) is 18.3. The zero-order valence-electron chi connectivity index (χ0n) is 12.2. The molecule has 1 aromatic carbocycles. The van der Waals surface area contributed by atoms with Crippen LogP contribution in [0.5, 0.6) is 0 Å². The lowest BCUT2D eigenvalue weighted by molar-refractivity contribution is 0.0737. The summed E-state index contributed by atoms with van der Waals surface area (Å²) < 4.78 is 31.4. The summed E-state index contributed by atoms with van der Waals surface area (Å²) in [7, 11) is -2.12. The van der Waals surface area contributed by atoms with Gasteiger partial charge in [-0.3, -0.25) is 0 Å². The second-order valence-corrected chi connectivity index (χ2v) is 7.64. The monoisotopic (exact) mass is 350 g/mol. The zero-order chi connectivity index (χ0) is 16.2. The van der Waals surface area contributed by atoms with Crippen LogP contribution in [-0.2, 0) is 14.8 Å². The van der Waals surface area contributed by atoms with E-state index in [0.717, 1.165) is 0 Å². The Bertz CT molecular complexity index is 618. The number of hydrogen-bond donors (Lipinski definition) is 1. The summed E-state index contributed by atoms with van der Waals surface area (Å²) >= 11 is 10.8. The number of nitrogens with zero attached hydrogens (tertiary/aromatic N) is 1. The third-order valence-electron chi connectivity index (χ3n) is 2.77. The first-order valence-electron chi connectivity index (χ1n) is 6.33. The summed E-state index contributed by atoms with van der Waals surface area (Å²) in [5, 5.41) is 0.218. The van der Waals surface area contributed by atoms with Crippen molar-refractivity contribution >= 4 is 38.8 Å². The Labute approximate surface area is 136 Å². The third-order valence-corrected chi connectivity index (χ3v) is 5.16. The van der Waals surface area contributed by atoms with Gasteiger partial charge >= 0.3 is 0 Å². The zero-order valence-corrected chi connectivity index (χ0v) is 14.6. The molecule has 0 atom stereocenters. The fraction of sp³-hybridized carbons (Fsp3) is 0.462. The van der Waals surface area contributed by atoms with Gasteiger partial charge in [0.2, 0.25) is 10.0 Å². The molecule has 2 N–H and O–H groups in total. The second kappa shape index (κ2) is 7.51. The van der Waals surface area contributed by atoms with E-state index in [0.29, 0.717) is 12.2 Å². The van der Waals surface area contributed by atoms with E-state index in [1.54, 1.807) is 0 Å². The van der Waals surface area contributed by atoms with Crippen LogP contribution in [0.15, 0.2) is 23.1 Å². The fourth-order valence-corrected chi connectivity index (χ4v) is 3.34. The van der Waals surface area contributed by atoms with Gasteiger partial charge in [-0.05, 0) is 32.0 Å². The van der Waals surface area contributed by atoms with Gasteiger partial charge in [0.1, 0.15) is 4.99 Å². The first-order chi connectivity index (χ1) is 9.66. The average molecular weight is 351 g/mol. The summed E-state index contributed by atoms with van der Waals surface area (Å²) in [6.07, 6.45) is 0.0559. The van der Waals surface area contributed by atoms with E-state index in [-0.39, 0.29) is 27.6 Å². The molecule has 0 fully saturated rings. The molecule has 5 nitrogen and oxygen atoms in total. The molecule has 21 heavy (non-hydrogen) atoms. The molecule has 118 valence electrons. The molecule has 0 radical (unpaired) electrons. The van der Waals surface area contributed by atoms with Crippen molar-refractivity contribution in [3.05, 3.63) is 28.8 Å². The number of halogens is 1. The minimum Gasteiger partial charge on any atom is -0.389 e. The molecule has 0 unspecified atom stereocenters. The van der Waals surface area contributed by atoms with Crippen LogP contribution in [0.3, 0.4) is 0 Å². The number of hydrogen-bond acceptors (Lipinski definition) is 4. The minimum atomic E-state index is -3.62. The van der Waals surface area contributed by atoms with Crippen LogP contribution in [0, 0.1) is 0 Å². The lowest BCUT2D eigenvalue weighted by Crippen LogP contribution is -2.31. The van der Waals surface area contributed by atoms with Gasteiger partial charge in [-0.25, -0.2) is 8.42 Å². The highest BCUT2D eigenvalue weighted by atomic mass is 35.5. The number of nitrogens with two attached hydrogens (primary N) is 1. The van der Waals surface area contributed by atoms with Gasteiger partial charge in [0.05, 0.1) is 22.6 Å². The summed E-state index contributed by atoms with van der Waals surface area (Å²) in [4.78, 5) is 0.224. The Kier molecular flexibility index (Phi) is 6.55. The van der Waals surface area contributed by atoms with Crippen molar-refractivity contribution in [1.29, 1.82) is 0 Å². The highest BCUT2D eigenvalue weighted by molar-refractivity contribution is 7.89. The highest BCUT2D eigenvalue weighted by Crippen LogP contribution is 2.22. The van der Waals surface area contributed by atoms with E-state index in [1.807, 2.05) is 13.8 Å². The largest absolute Gasteiger partial charge is 0.389 e. The maximum Gasteiger partial charge on any atom is 0.242 e. The Hall–Kier alpha value is -0.730. The van der Waals surface area contributed by atoms with Gasteiger partial charge < -0.3 is 10.5 Å². The van der Waals surface area contributed by atoms with Crippen molar-refractivity contribution in [2.45, 2.75) is 24.8 Å². The van der Waals surface area contributed by atoms with Crippen molar-refractivity contribution in [3.63, 3.8) is 0 Å². The van der Waals surface area contributed by atoms with Crippen LogP contribution in [0.25, 0.3) is 0 Å². The van der Waals surface area contributed by atoms with Crippen molar-refractivity contribution in [3.8, 4) is 0 Å². The molecule has 0 spiro atoms. The van der Waals surface area contributed by atoms with E-state index in [2.05, 4.69) is 0 Å². The van der Waals surface area contributed by atoms with Gasteiger partial charge in [0, 0.05) is 19.2 Å². The summed E-state index contributed by atoms with van der Waals surface area (Å²) in [6, 6.07) is 4.30. The van der Waals surface area contributed by atoms with Crippen LogP contribution >= 0.6 is 23.8 Å². The molecule has 0 saturated heterocycles. The molecule has 0 aromatic heterocycles. The van der Waals surface area contributed by atoms with Crippen molar-refractivity contribution < 1.29 is 13.2 Å². The Morgan fingerprint density at radius 1 is 1.48 bits per heavy atom. The summed E-state index contributed by atoms with van der Waals surface area (Å²) in [5.41, 5.74) is 5.95. The standard InChI is InChI=1S/C13H19ClN2O3S2/c1-9(2)19-7-6-16(3)21(17,18)10-4-5-11(13(15)20)12(14)8-10/h4-5,8-9H,6-7H2,1-3H3,(H2,15,20). The lowest BCUT2D eigenvalue weighted by Gasteiger charge is -2.18. The predicted octanol–water partition coefficient (Wildman–Crippen LogP) is 2.02. The predicted molar refractivity (Wildman–Crippen MR) is 88.2 cm³/mol. The topological polar surface area (TPSA) is 72.6 Å². The molecule has 1 aromatic rings. The Balaban J connectivity index is 2.92. The van der Waals surface area contributed by atoms with Crippen molar-refractivity contribution in [2.75, 3.05) is 20.2 Å². The van der Waals surface area contributed by atoms with E-state index in [1.165, 1.54) is 29.6 Å². The van der Waals surface area contributed by atoms with E-state index in [4.69, 9.17) is 34.3 Å². The first-order valence-corrected chi connectivity index (χ1v) is 8.56. The molecule has 0 saturated carbocycles. The quantitative estimate of drug-likeness (QED) is 0.762. The maximum absolute atomic E-state index is 12.4. The number of ether oxygens (including phenoxy) is 1. The molecule has 0 aliphatic carbocycles. The molecular formula is C13H19ClN2O3S2. The van der Waals surface area contributed by atoms with Gasteiger partial charge in [0.15, 0.2) is 0 Å². The number of thiocarbonyl (C=S) groups is 1. The second-order valence-electron chi connectivity index (χ2n) is 4.75. The van der Waals surface area contributed by atoms with Crippen LogP contribution in [-0.4, -0.2) is 44.0 Å². The number of likely N-dealkylation sites (N-methyl/N-ethyl adjacent to an activating group) is 1. The summed E-state index contributed by atoms with van der Waals surface area (Å²) in [5.74, 6) is 0. The van der Waals surface area contributed by atoms with E-state index < -0.39 is 10.0 Å². The lowest BCUT2D eigenvalue weighted by atomic mass is 10.2. The van der Waals surface area contributed by atoms with Crippen molar-refractivity contribution in [2.24, 2.45) is 5.73 Å². The van der Waals surface area contributed by atoms with Crippen LogP contribution in [0.1, 0.15) is 19.4 Å². The van der Waals surface area contributed by atoms with E-state index in [9.17, 15) is 8.42 Å².